The molecule has 0 aromatic heterocycles. The van der Waals surface area contributed by atoms with Crippen LogP contribution in [0.5, 0.6) is 11.5 Å². The van der Waals surface area contributed by atoms with Gasteiger partial charge in [0.2, 0.25) is 0 Å². The zero-order valence-corrected chi connectivity index (χ0v) is 14.3. The van der Waals surface area contributed by atoms with E-state index in [-0.39, 0.29) is 5.91 Å². The van der Waals surface area contributed by atoms with Gasteiger partial charge in [-0.2, -0.15) is 0 Å². The molecule has 2 rings (SSSR count). The molecule has 2 aromatic rings. The van der Waals surface area contributed by atoms with Crippen LogP contribution in [0.4, 0.5) is 5.69 Å². The van der Waals surface area contributed by atoms with Crippen molar-refractivity contribution in [2.75, 3.05) is 25.2 Å². The molecule has 0 aliphatic heterocycles. The summed E-state index contributed by atoms with van der Waals surface area (Å²) in [6.07, 6.45) is 0.897. The predicted molar refractivity (Wildman–Crippen MR) is 94.5 cm³/mol. The fraction of sp³-hybridized carbons (Fsp3) is 0.263. The molecule has 6 heteroatoms. The van der Waals surface area contributed by atoms with Crippen LogP contribution in [0.25, 0.3) is 0 Å². The number of hydrogen-bond acceptors (Lipinski definition) is 4. The van der Waals surface area contributed by atoms with E-state index in [0.717, 1.165) is 6.42 Å². The fourth-order valence-electron chi connectivity index (χ4n) is 2.16. The smallest absolute Gasteiger partial charge is 0.341 e. The Hall–Kier alpha value is -3.02. The summed E-state index contributed by atoms with van der Waals surface area (Å²) in [5, 5.41) is 8.60. The van der Waals surface area contributed by atoms with Crippen molar-refractivity contribution >= 4 is 17.6 Å². The second kappa shape index (κ2) is 8.73. The van der Waals surface area contributed by atoms with Crippen molar-refractivity contribution in [2.24, 2.45) is 0 Å². The maximum absolute atomic E-state index is 12.6. The second-order valence-corrected chi connectivity index (χ2v) is 5.42. The zero-order chi connectivity index (χ0) is 18.2. The molecule has 25 heavy (non-hydrogen) atoms. The topological polar surface area (TPSA) is 76.1 Å². The number of anilines is 1. The van der Waals surface area contributed by atoms with Gasteiger partial charge in [0, 0.05) is 18.3 Å². The lowest BCUT2D eigenvalue weighted by atomic mass is 10.1. The largest absolute Gasteiger partial charge is 0.494 e. The van der Waals surface area contributed by atoms with Gasteiger partial charge in [-0.1, -0.05) is 13.0 Å². The first-order chi connectivity index (χ1) is 12.0. The van der Waals surface area contributed by atoms with E-state index < -0.39 is 12.6 Å². The van der Waals surface area contributed by atoms with E-state index in [1.807, 2.05) is 13.0 Å². The van der Waals surface area contributed by atoms with E-state index in [1.165, 1.54) is 4.90 Å². The van der Waals surface area contributed by atoms with Gasteiger partial charge in [-0.05, 0) is 48.9 Å². The molecule has 6 nitrogen and oxygen atoms in total. The van der Waals surface area contributed by atoms with E-state index in [1.54, 1.807) is 49.5 Å². The summed E-state index contributed by atoms with van der Waals surface area (Å²) in [6, 6.07) is 13.7. The Bertz CT molecular complexity index is 727. The molecule has 0 bridgehead atoms. The van der Waals surface area contributed by atoms with Crippen molar-refractivity contribution in [2.45, 2.75) is 13.3 Å². The van der Waals surface area contributed by atoms with Crippen LogP contribution in [0, 0.1) is 0 Å². The first-order valence-electron chi connectivity index (χ1n) is 7.97. The average molecular weight is 343 g/mol. The molecular formula is C19H21NO5. The van der Waals surface area contributed by atoms with Crippen molar-refractivity contribution < 1.29 is 24.2 Å². The summed E-state index contributed by atoms with van der Waals surface area (Å²) in [5.74, 6) is -0.108. The summed E-state index contributed by atoms with van der Waals surface area (Å²) in [7, 11) is 1.68. The number of benzene rings is 2. The quantitative estimate of drug-likeness (QED) is 0.796. The lowest BCUT2D eigenvalue weighted by molar-refractivity contribution is -0.139. The molecule has 0 atom stereocenters. The van der Waals surface area contributed by atoms with Crippen LogP contribution >= 0.6 is 0 Å². The van der Waals surface area contributed by atoms with E-state index in [2.05, 4.69) is 0 Å². The van der Waals surface area contributed by atoms with E-state index in [0.29, 0.717) is 29.4 Å². The van der Waals surface area contributed by atoms with Crippen LogP contribution in [0.2, 0.25) is 0 Å². The summed E-state index contributed by atoms with van der Waals surface area (Å²) in [6.45, 7) is 2.22. The highest BCUT2D eigenvalue weighted by Gasteiger charge is 2.14. The first kappa shape index (κ1) is 18.3. The normalized spacial score (nSPS) is 10.2. The minimum Gasteiger partial charge on any atom is -0.494 e. The molecule has 0 saturated carbocycles. The Morgan fingerprint density at radius 3 is 2.40 bits per heavy atom. The molecule has 0 aliphatic carbocycles. The Kier molecular flexibility index (Phi) is 6.39. The number of hydrogen-bond donors (Lipinski definition) is 1. The number of carboxylic acid groups (broad SMARTS) is 1. The molecule has 0 heterocycles. The van der Waals surface area contributed by atoms with Gasteiger partial charge in [0.25, 0.3) is 5.91 Å². The Labute approximate surface area is 146 Å². The molecule has 0 unspecified atom stereocenters. The molecule has 1 N–H and O–H groups in total. The number of amides is 1. The second-order valence-electron chi connectivity index (χ2n) is 5.42. The summed E-state index contributed by atoms with van der Waals surface area (Å²) in [5.41, 5.74) is 1.20. The van der Waals surface area contributed by atoms with Crippen molar-refractivity contribution in [1.82, 2.24) is 0 Å². The number of aliphatic carboxylic acids is 1. The van der Waals surface area contributed by atoms with Crippen molar-refractivity contribution in [1.29, 1.82) is 0 Å². The molecule has 1 amide bonds. The molecular weight excluding hydrogens is 322 g/mol. The number of carbonyl (C=O) groups is 2. The third kappa shape index (κ3) is 5.24. The number of nitrogens with zero attached hydrogens (tertiary/aromatic N) is 1. The van der Waals surface area contributed by atoms with Crippen LogP contribution in [0.1, 0.15) is 23.7 Å². The van der Waals surface area contributed by atoms with Crippen LogP contribution < -0.4 is 14.4 Å². The standard InChI is InChI=1S/C19H21NO5/c1-3-11-24-17-6-4-5-14(12-17)19(23)20(2)15-7-9-16(10-8-15)25-13-18(21)22/h4-10,12H,3,11,13H2,1-2H3,(H,21,22). The summed E-state index contributed by atoms with van der Waals surface area (Å²) < 4.78 is 10.6. The first-order valence-corrected chi connectivity index (χ1v) is 7.97. The SMILES string of the molecule is CCCOc1cccc(C(=O)N(C)c2ccc(OCC(=O)O)cc2)c1. The Balaban J connectivity index is 2.07. The van der Waals surface area contributed by atoms with E-state index >= 15 is 0 Å². The van der Waals surface area contributed by atoms with Gasteiger partial charge < -0.3 is 19.5 Å². The molecule has 0 spiro atoms. The molecule has 0 fully saturated rings. The van der Waals surface area contributed by atoms with Crippen molar-refractivity contribution in [3.8, 4) is 11.5 Å². The van der Waals surface area contributed by atoms with Gasteiger partial charge in [-0.3, -0.25) is 4.79 Å². The number of ether oxygens (including phenoxy) is 2. The van der Waals surface area contributed by atoms with Crippen LogP contribution in [0.3, 0.4) is 0 Å². The Morgan fingerprint density at radius 2 is 1.76 bits per heavy atom. The highest BCUT2D eigenvalue weighted by Crippen LogP contribution is 2.21. The highest BCUT2D eigenvalue weighted by molar-refractivity contribution is 6.05. The zero-order valence-electron chi connectivity index (χ0n) is 14.3. The lowest BCUT2D eigenvalue weighted by Gasteiger charge is -2.18. The summed E-state index contributed by atoms with van der Waals surface area (Å²) >= 11 is 0. The minimum absolute atomic E-state index is 0.166. The number of rotatable bonds is 8. The van der Waals surface area contributed by atoms with Gasteiger partial charge in [-0.15, -0.1) is 0 Å². The van der Waals surface area contributed by atoms with Gasteiger partial charge in [0.1, 0.15) is 11.5 Å². The lowest BCUT2D eigenvalue weighted by Crippen LogP contribution is -2.26. The van der Waals surface area contributed by atoms with Gasteiger partial charge in [-0.25, -0.2) is 4.79 Å². The Morgan fingerprint density at radius 1 is 1.04 bits per heavy atom. The van der Waals surface area contributed by atoms with Crippen LogP contribution in [0.15, 0.2) is 48.5 Å². The van der Waals surface area contributed by atoms with Crippen molar-refractivity contribution in [3.63, 3.8) is 0 Å². The average Bonchev–Trinajstić information content (AvgIpc) is 2.64. The van der Waals surface area contributed by atoms with Crippen molar-refractivity contribution in [3.05, 3.63) is 54.1 Å². The van der Waals surface area contributed by atoms with Gasteiger partial charge >= 0.3 is 5.97 Å². The molecule has 0 saturated heterocycles. The third-order valence-electron chi connectivity index (χ3n) is 3.44. The molecule has 0 aliphatic rings. The monoisotopic (exact) mass is 343 g/mol. The number of carboxylic acids is 1. The molecule has 0 radical (unpaired) electrons. The highest BCUT2D eigenvalue weighted by atomic mass is 16.5. The maximum Gasteiger partial charge on any atom is 0.341 e. The van der Waals surface area contributed by atoms with Crippen LogP contribution in [-0.2, 0) is 4.79 Å². The molecule has 2 aromatic carbocycles. The predicted octanol–water partition coefficient (Wildman–Crippen LogP) is 3.22. The third-order valence-corrected chi connectivity index (χ3v) is 3.44. The summed E-state index contributed by atoms with van der Waals surface area (Å²) in [4.78, 5) is 24.6. The van der Waals surface area contributed by atoms with E-state index in [4.69, 9.17) is 14.6 Å². The minimum atomic E-state index is -1.04. The molecule has 132 valence electrons. The maximum atomic E-state index is 12.6. The van der Waals surface area contributed by atoms with Gasteiger partial charge in [0.15, 0.2) is 6.61 Å². The van der Waals surface area contributed by atoms with Crippen LogP contribution in [-0.4, -0.2) is 37.2 Å². The fourth-order valence-corrected chi connectivity index (χ4v) is 2.16. The van der Waals surface area contributed by atoms with E-state index in [9.17, 15) is 9.59 Å². The number of carbonyl (C=O) groups excluding carboxylic acids is 1. The van der Waals surface area contributed by atoms with Gasteiger partial charge in [0.05, 0.1) is 6.61 Å².